The fraction of sp³-hybridized carbons (Fsp3) is 0.214. The van der Waals surface area contributed by atoms with Crippen molar-refractivity contribution >= 4 is 22.4 Å². The fourth-order valence-corrected chi connectivity index (χ4v) is 1.73. The van der Waals surface area contributed by atoms with E-state index in [-0.39, 0.29) is 11.7 Å². The van der Waals surface area contributed by atoms with Crippen LogP contribution in [0.5, 0.6) is 5.75 Å². The molecule has 2 aromatic rings. The van der Waals surface area contributed by atoms with Gasteiger partial charge in [0.2, 0.25) is 5.91 Å². The standard InChI is InChI=1S/C14H13F2NO2/c1-2-13(18)17-11-5-3-10-8-12(19-14(15)16)6-4-9(10)7-11/h3-8,14H,2H2,1H3,(H,17,18). The summed E-state index contributed by atoms with van der Waals surface area (Å²) in [5.74, 6) is 0.0462. The Labute approximate surface area is 109 Å². The van der Waals surface area contributed by atoms with Crippen molar-refractivity contribution in [3.8, 4) is 5.75 Å². The van der Waals surface area contributed by atoms with Crippen LogP contribution in [0, 0.1) is 0 Å². The average molecular weight is 265 g/mol. The SMILES string of the molecule is CCC(=O)Nc1ccc2cc(OC(F)F)ccc2c1. The fourth-order valence-electron chi connectivity index (χ4n) is 1.73. The van der Waals surface area contributed by atoms with E-state index in [0.717, 1.165) is 10.8 Å². The lowest BCUT2D eigenvalue weighted by molar-refractivity contribution is -0.115. The van der Waals surface area contributed by atoms with Crippen LogP contribution in [0.4, 0.5) is 14.5 Å². The highest BCUT2D eigenvalue weighted by molar-refractivity contribution is 5.94. The van der Waals surface area contributed by atoms with Gasteiger partial charge in [0.1, 0.15) is 5.75 Å². The Balaban J connectivity index is 2.27. The number of benzene rings is 2. The lowest BCUT2D eigenvalue weighted by Gasteiger charge is -2.08. The quantitative estimate of drug-likeness (QED) is 0.913. The highest BCUT2D eigenvalue weighted by Gasteiger charge is 2.05. The summed E-state index contributed by atoms with van der Waals surface area (Å²) < 4.78 is 28.5. The van der Waals surface area contributed by atoms with Gasteiger partial charge < -0.3 is 10.1 Å². The van der Waals surface area contributed by atoms with Crippen molar-refractivity contribution in [2.45, 2.75) is 20.0 Å². The molecule has 1 amide bonds. The summed E-state index contributed by atoms with van der Waals surface area (Å²) in [7, 11) is 0. The maximum atomic E-state index is 12.1. The first-order chi connectivity index (χ1) is 9.08. The first-order valence-corrected chi connectivity index (χ1v) is 5.87. The number of rotatable bonds is 4. The van der Waals surface area contributed by atoms with Crippen molar-refractivity contribution in [2.75, 3.05) is 5.32 Å². The van der Waals surface area contributed by atoms with E-state index in [1.54, 1.807) is 31.2 Å². The molecule has 0 heterocycles. The summed E-state index contributed by atoms with van der Waals surface area (Å²) in [6.45, 7) is -1.06. The summed E-state index contributed by atoms with van der Waals surface area (Å²) in [4.78, 5) is 11.3. The molecular weight excluding hydrogens is 252 g/mol. The van der Waals surface area contributed by atoms with E-state index >= 15 is 0 Å². The summed E-state index contributed by atoms with van der Waals surface area (Å²) in [6, 6.07) is 9.94. The van der Waals surface area contributed by atoms with Gasteiger partial charge in [0, 0.05) is 12.1 Å². The molecule has 0 aliphatic heterocycles. The molecule has 2 aromatic carbocycles. The largest absolute Gasteiger partial charge is 0.435 e. The highest BCUT2D eigenvalue weighted by atomic mass is 19.3. The van der Waals surface area contributed by atoms with Crippen molar-refractivity contribution in [2.24, 2.45) is 0 Å². The maximum absolute atomic E-state index is 12.1. The molecule has 0 aromatic heterocycles. The molecule has 100 valence electrons. The third kappa shape index (κ3) is 3.40. The monoisotopic (exact) mass is 265 g/mol. The summed E-state index contributed by atoms with van der Waals surface area (Å²) in [5, 5.41) is 4.35. The number of alkyl halides is 2. The lowest BCUT2D eigenvalue weighted by Crippen LogP contribution is -2.09. The van der Waals surface area contributed by atoms with Gasteiger partial charge in [0.15, 0.2) is 0 Å². The third-order valence-corrected chi connectivity index (χ3v) is 2.64. The number of amides is 1. The summed E-state index contributed by atoms with van der Waals surface area (Å²) in [5.41, 5.74) is 0.682. The van der Waals surface area contributed by atoms with Crippen molar-refractivity contribution in [3.63, 3.8) is 0 Å². The number of fused-ring (bicyclic) bond motifs is 1. The van der Waals surface area contributed by atoms with Crippen LogP contribution in [0.2, 0.25) is 0 Å². The zero-order chi connectivity index (χ0) is 13.8. The van der Waals surface area contributed by atoms with E-state index in [0.29, 0.717) is 12.1 Å². The molecular formula is C14H13F2NO2. The lowest BCUT2D eigenvalue weighted by atomic mass is 10.1. The molecule has 0 unspecified atom stereocenters. The van der Waals surface area contributed by atoms with Crippen molar-refractivity contribution in [1.82, 2.24) is 0 Å². The molecule has 3 nitrogen and oxygen atoms in total. The summed E-state index contributed by atoms with van der Waals surface area (Å²) >= 11 is 0. The van der Waals surface area contributed by atoms with Crippen LogP contribution in [0.15, 0.2) is 36.4 Å². The zero-order valence-electron chi connectivity index (χ0n) is 10.3. The van der Waals surface area contributed by atoms with Crippen LogP contribution in [0.3, 0.4) is 0 Å². The van der Waals surface area contributed by atoms with E-state index in [2.05, 4.69) is 10.1 Å². The van der Waals surface area contributed by atoms with E-state index < -0.39 is 6.61 Å². The number of halogens is 2. The second kappa shape index (κ2) is 5.65. The second-order valence-electron chi connectivity index (χ2n) is 4.00. The number of anilines is 1. The van der Waals surface area contributed by atoms with Crippen LogP contribution in [0.1, 0.15) is 13.3 Å². The van der Waals surface area contributed by atoms with E-state index in [9.17, 15) is 13.6 Å². The van der Waals surface area contributed by atoms with Crippen LogP contribution in [-0.4, -0.2) is 12.5 Å². The summed E-state index contributed by atoms with van der Waals surface area (Å²) in [6.07, 6.45) is 0.402. The van der Waals surface area contributed by atoms with Crippen LogP contribution in [0.25, 0.3) is 10.8 Å². The Kier molecular flexibility index (Phi) is 3.94. The number of nitrogens with one attached hydrogen (secondary N) is 1. The number of carbonyl (C=O) groups excluding carboxylic acids is 1. The number of hydrogen-bond acceptors (Lipinski definition) is 2. The van der Waals surface area contributed by atoms with Gasteiger partial charge in [0.05, 0.1) is 0 Å². The van der Waals surface area contributed by atoms with Gasteiger partial charge in [-0.15, -0.1) is 0 Å². The van der Waals surface area contributed by atoms with E-state index in [4.69, 9.17) is 0 Å². The average Bonchev–Trinajstić information content (AvgIpc) is 2.38. The molecule has 0 saturated carbocycles. The third-order valence-electron chi connectivity index (χ3n) is 2.64. The van der Waals surface area contributed by atoms with E-state index in [1.807, 2.05) is 0 Å². The smallest absolute Gasteiger partial charge is 0.387 e. The van der Waals surface area contributed by atoms with Gasteiger partial charge in [-0.2, -0.15) is 8.78 Å². The second-order valence-corrected chi connectivity index (χ2v) is 4.00. The van der Waals surface area contributed by atoms with Gasteiger partial charge in [0.25, 0.3) is 0 Å². The highest BCUT2D eigenvalue weighted by Crippen LogP contribution is 2.24. The molecule has 0 saturated heterocycles. The van der Waals surface area contributed by atoms with Gasteiger partial charge in [-0.05, 0) is 35.0 Å². The number of carbonyl (C=O) groups is 1. The van der Waals surface area contributed by atoms with Gasteiger partial charge in [-0.3, -0.25) is 4.79 Å². The first kappa shape index (κ1) is 13.3. The van der Waals surface area contributed by atoms with Crippen molar-refractivity contribution in [3.05, 3.63) is 36.4 Å². The van der Waals surface area contributed by atoms with E-state index in [1.165, 1.54) is 12.1 Å². The number of hydrogen-bond donors (Lipinski definition) is 1. The Bertz CT molecular complexity index is 599. The molecule has 19 heavy (non-hydrogen) atoms. The normalized spacial score (nSPS) is 10.7. The van der Waals surface area contributed by atoms with Crippen LogP contribution < -0.4 is 10.1 Å². The first-order valence-electron chi connectivity index (χ1n) is 5.87. The molecule has 0 bridgehead atoms. The predicted molar refractivity (Wildman–Crippen MR) is 69.5 cm³/mol. The van der Waals surface area contributed by atoms with Gasteiger partial charge in [-0.1, -0.05) is 19.1 Å². The van der Waals surface area contributed by atoms with Crippen LogP contribution >= 0.6 is 0 Å². The molecule has 0 atom stereocenters. The number of ether oxygens (including phenoxy) is 1. The van der Waals surface area contributed by atoms with Crippen molar-refractivity contribution < 1.29 is 18.3 Å². The Morgan fingerprint density at radius 1 is 1.21 bits per heavy atom. The zero-order valence-corrected chi connectivity index (χ0v) is 10.3. The molecule has 0 fully saturated rings. The Morgan fingerprint density at radius 3 is 2.58 bits per heavy atom. The minimum atomic E-state index is -2.83. The maximum Gasteiger partial charge on any atom is 0.387 e. The predicted octanol–water partition coefficient (Wildman–Crippen LogP) is 3.79. The molecule has 0 radical (unpaired) electrons. The Morgan fingerprint density at radius 2 is 1.89 bits per heavy atom. The topological polar surface area (TPSA) is 38.3 Å². The molecule has 2 rings (SSSR count). The molecule has 5 heteroatoms. The van der Waals surface area contributed by atoms with Crippen LogP contribution in [-0.2, 0) is 4.79 Å². The van der Waals surface area contributed by atoms with Gasteiger partial charge in [-0.25, -0.2) is 0 Å². The molecule has 0 aliphatic rings. The minimum absolute atomic E-state index is 0.0722. The van der Waals surface area contributed by atoms with Gasteiger partial charge >= 0.3 is 6.61 Å². The molecule has 0 aliphatic carbocycles. The molecule has 0 spiro atoms. The molecule has 1 N–H and O–H groups in total. The van der Waals surface area contributed by atoms with Crippen molar-refractivity contribution in [1.29, 1.82) is 0 Å². The Hall–Kier alpha value is -2.17. The minimum Gasteiger partial charge on any atom is -0.435 e.